The van der Waals surface area contributed by atoms with Crippen molar-refractivity contribution in [1.82, 2.24) is 5.32 Å². The maximum atomic E-state index is 10.6. The molecule has 60 valence electrons. The number of rotatable bonds is 1. The van der Waals surface area contributed by atoms with E-state index >= 15 is 0 Å². The lowest BCUT2D eigenvalue weighted by molar-refractivity contribution is -0.575. The molecule has 6 heteroatoms. The highest BCUT2D eigenvalue weighted by atomic mass is 16.6. The molecule has 11 heavy (non-hydrogen) atoms. The molecular weight excluding hydrogens is 150 g/mol. The van der Waals surface area contributed by atoms with Crippen LogP contribution >= 0.6 is 0 Å². The van der Waals surface area contributed by atoms with Gasteiger partial charge in [0.25, 0.3) is 0 Å². The van der Waals surface area contributed by atoms with E-state index in [9.17, 15) is 14.9 Å². The molecule has 0 spiro atoms. The van der Waals surface area contributed by atoms with Gasteiger partial charge < -0.3 is 5.73 Å². The van der Waals surface area contributed by atoms with Crippen LogP contribution in [0, 0.1) is 10.1 Å². The van der Waals surface area contributed by atoms with Crippen LogP contribution in [-0.4, -0.2) is 23.0 Å². The molecule has 0 aromatic heterocycles. The van der Waals surface area contributed by atoms with Crippen molar-refractivity contribution in [3.8, 4) is 0 Å². The average molecular weight is 158 g/mol. The van der Waals surface area contributed by atoms with E-state index in [4.69, 9.17) is 0 Å². The molecule has 0 aromatic rings. The molecule has 0 unspecified atom stereocenters. The first-order valence-electron chi connectivity index (χ1n) is 3.06. The fourth-order valence-electron chi connectivity index (χ4n) is 0.854. The summed E-state index contributed by atoms with van der Waals surface area (Å²) >= 11 is 0. The molecule has 0 fully saturated rings. The number of amides is 1. The Hall–Kier alpha value is -1.43. The van der Waals surface area contributed by atoms with Gasteiger partial charge in [0.1, 0.15) is 0 Å². The summed E-state index contributed by atoms with van der Waals surface area (Å²) in [6.07, 6.45) is 1.73. The third kappa shape index (κ3) is 1.53. The van der Waals surface area contributed by atoms with Crippen molar-refractivity contribution in [1.29, 1.82) is 0 Å². The fraction of sp³-hybridized carbons (Fsp3) is 0.400. The van der Waals surface area contributed by atoms with E-state index in [1.54, 1.807) is 0 Å². The summed E-state index contributed by atoms with van der Waals surface area (Å²) in [4.78, 5) is 20.3. The van der Waals surface area contributed by atoms with Gasteiger partial charge in [0.05, 0.1) is 0 Å². The summed E-state index contributed by atoms with van der Waals surface area (Å²) in [5.41, 5.74) is 3.43. The van der Waals surface area contributed by atoms with Crippen molar-refractivity contribution < 1.29 is 15.5 Å². The van der Waals surface area contributed by atoms with Crippen molar-refractivity contribution in [3.63, 3.8) is 0 Å². The molecule has 0 radical (unpaired) electrons. The quantitative estimate of drug-likeness (QED) is 0.337. The minimum atomic E-state index is -0.896. The van der Waals surface area contributed by atoms with Gasteiger partial charge in [-0.05, 0) is 0 Å². The number of nitrogens with zero attached hydrogens (tertiary/aromatic N) is 1. The third-order valence-corrected chi connectivity index (χ3v) is 1.43. The van der Waals surface area contributed by atoms with Crippen LogP contribution in [0.5, 0.6) is 0 Å². The van der Waals surface area contributed by atoms with E-state index in [0.29, 0.717) is 0 Å². The van der Waals surface area contributed by atoms with Crippen molar-refractivity contribution in [2.24, 2.45) is 0 Å². The molecule has 6 nitrogen and oxygen atoms in total. The van der Waals surface area contributed by atoms with Gasteiger partial charge in [0.2, 0.25) is 12.1 Å². The second kappa shape index (κ2) is 2.67. The van der Waals surface area contributed by atoms with Crippen LogP contribution in [0.3, 0.4) is 0 Å². The number of quaternary nitrogens is 1. The zero-order chi connectivity index (χ0) is 8.43. The maximum absolute atomic E-state index is 10.6. The number of hydrogen-bond donors (Lipinski definition) is 2. The highest BCUT2D eigenvalue weighted by Gasteiger charge is 2.33. The first kappa shape index (κ1) is 7.67. The lowest BCUT2D eigenvalue weighted by Gasteiger charge is -2.14. The number of carbonyl (C=O) groups excluding carboxylic acids is 1. The second-order valence-electron chi connectivity index (χ2n) is 2.25. The minimum absolute atomic E-state index is 0.330. The van der Waals surface area contributed by atoms with Gasteiger partial charge in [-0.25, -0.2) is 0 Å². The van der Waals surface area contributed by atoms with E-state index in [0.717, 1.165) is 6.08 Å². The highest BCUT2D eigenvalue weighted by molar-refractivity contribution is 5.88. The van der Waals surface area contributed by atoms with Crippen LogP contribution in [0.25, 0.3) is 0 Å². The molecule has 0 saturated carbocycles. The molecule has 1 rings (SSSR count). The van der Waals surface area contributed by atoms with Gasteiger partial charge in [-0.1, -0.05) is 0 Å². The largest absolute Gasteiger partial charge is 0.332 e. The molecule has 0 saturated heterocycles. The monoisotopic (exact) mass is 158 g/mol. The Kier molecular flexibility index (Phi) is 1.86. The Morgan fingerprint density at radius 3 is 2.82 bits per heavy atom. The van der Waals surface area contributed by atoms with E-state index in [-0.39, 0.29) is 5.91 Å². The predicted molar refractivity (Wildman–Crippen MR) is 34.7 cm³/mol. The Labute approximate surface area is 62.2 Å². The first-order chi connectivity index (χ1) is 5.11. The number of nitro groups is 1. The molecule has 0 bridgehead atoms. The number of hydrogen-bond acceptors (Lipinski definition) is 3. The predicted octanol–water partition coefficient (Wildman–Crippen LogP) is -2.11. The fourth-order valence-corrected chi connectivity index (χ4v) is 0.854. The molecule has 0 aliphatic carbocycles. The Balaban J connectivity index is 2.76. The smallest absolute Gasteiger partial charge is 0.301 e. The molecule has 1 aliphatic heterocycles. The Morgan fingerprint density at radius 2 is 2.36 bits per heavy atom. The number of nitrogens with one attached hydrogen (secondary N) is 1. The van der Waals surface area contributed by atoms with E-state index < -0.39 is 17.1 Å². The first-order valence-corrected chi connectivity index (χ1v) is 3.06. The van der Waals surface area contributed by atoms with Gasteiger partial charge in [0.15, 0.2) is 0 Å². The molecule has 2 atom stereocenters. The van der Waals surface area contributed by atoms with Crippen LogP contribution < -0.4 is 11.1 Å². The highest BCUT2D eigenvalue weighted by Crippen LogP contribution is 1.99. The molecular formula is C5H8N3O3+. The Morgan fingerprint density at radius 1 is 1.73 bits per heavy atom. The molecule has 0 aromatic carbocycles. The summed E-state index contributed by atoms with van der Waals surface area (Å²) in [6, 6.07) is -0.896. The van der Waals surface area contributed by atoms with Crippen LogP contribution in [0.4, 0.5) is 0 Å². The average Bonchev–Trinajstić information content (AvgIpc) is 1.85. The summed E-state index contributed by atoms with van der Waals surface area (Å²) in [6.45, 7) is 0. The van der Waals surface area contributed by atoms with E-state index in [1.807, 2.05) is 0 Å². The van der Waals surface area contributed by atoms with Gasteiger partial charge in [0, 0.05) is 17.1 Å². The topological polar surface area (TPSA) is 99.9 Å². The van der Waals surface area contributed by atoms with E-state index in [1.165, 1.54) is 6.08 Å². The normalized spacial score (nSPS) is 29.7. The number of carbonyl (C=O) groups is 1. The molecule has 4 N–H and O–H groups in total. The van der Waals surface area contributed by atoms with Crippen LogP contribution in [0.2, 0.25) is 0 Å². The molecule has 1 heterocycles. The Bertz CT molecular complexity index is 225. The van der Waals surface area contributed by atoms with Crippen LogP contribution in [0.15, 0.2) is 12.2 Å². The zero-order valence-corrected chi connectivity index (χ0v) is 5.69. The van der Waals surface area contributed by atoms with E-state index in [2.05, 4.69) is 11.1 Å². The third-order valence-electron chi connectivity index (χ3n) is 1.43. The molecule has 1 aliphatic rings. The second-order valence-corrected chi connectivity index (χ2v) is 2.25. The summed E-state index contributed by atoms with van der Waals surface area (Å²) in [7, 11) is 0. The SMILES string of the molecule is [NH3+][C@@H]1NC(=O)C=C[C@@H]1[N+](=O)[O-]. The maximum Gasteiger partial charge on any atom is 0.301 e. The van der Waals surface area contributed by atoms with Gasteiger partial charge >= 0.3 is 6.04 Å². The van der Waals surface area contributed by atoms with Gasteiger partial charge in [-0.15, -0.1) is 0 Å². The van der Waals surface area contributed by atoms with Gasteiger partial charge in [-0.3, -0.25) is 20.2 Å². The van der Waals surface area contributed by atoms with Crippen molar-refractivity contribution in [2.45, 2.75) is 12.2 Å². The summed E-state index contributed by atoms with van der Waals surface area (Å²) in [5.74, 6) is -0.330. The van der Waals surface area contributed by atoms with Crippen molar-refractivity contribution >= 4 is 5.91 Å². The molecule has 1 amide bonds. The summed E-state index contributed by atoms with van der Waals surface area (Å²) in [5, 5.41) is 12.6. The lowest BCUT2D eigenvalue weighted by Crippen LogP contribution is -2.75. The van der Waals surface area contributed by atoms with Crippen LogP contribution in [-0.2, 0) is 4.79 Å². The van der Waals surface area contributed by atoms with Crippen LogP contribution in [0.1, 0.15) is 0 Å². The summed E-state index contributed by atoms with van der Waals surface area (Å²) < 4.78 is 0. The standard InChI is InChI=1S/C5H7N3O3/c6-5-3(8(10)11)1-2-4(9)7-5/h1-3,5H,6H2,(H,7,9)/p+1/t3-,5+/m0/s1. The lowest BCUT2D eigenvalue weighted by atomic mass is 10.1. The zero-order valence-electron chi connectivity index (χ0n) is 5.69. The van der Waals surface area contributed by atoms with Crippen molar-refractivity contribution in [3.05, 3.63) is 22.3 Å². The minimum Gasteiger partial charge on any atom is -0.332 e. The van der Waals surface area contributed by atoms with Crippen molar-refractivity contribution in [2.75, 3.05) is 0 Å². The van der Waals surface area contributed by atoms with Gasteiger partial charge in [-0.2, -0.15) is 0 Å².